The van der Waals surface area contributed by atoms with E-state index in [1.807, 2.05) is 71.6 Å². The van der Waals surface area contributed by atoms with E-state index >= 15 is 0 Å². The van der Waals surface area contributed by atoms with Crippen molar-refractivity contribution in [3.63, 3.8) is 0 Å². The van der Waals surface area contributed by atoms with Crippen molar-refractivity contribution in [3.05, 3.63) is 195 Å². The van der Waals surface area contributed by atoms with Crippen LogP contribution in [0.1, 0.15) is 54.9 Å². The van der Waals surface area contributed by atoms with Crippen molar-refractivity contribution in [1.82, 2.24) is 0 Å². The lowest BCUT2D eigenvalue weighted by atomic mass is 9.12. The monoisotopic (exact) mass is 1150 g/mol. The van der Waals surface area contributed by atoms with Crippen LogP contribution in [0.5, 0.6) is 0 Å². The van der Waals surface area contributed by atoms with Gasteiger partial charge in [0.05, 0.1) is 54.9 Å². The molecule has 1 heterocycles. The number of ketones is 1. The molecule has 0 N–H and O–H groups in total. The van der Waals surface area contributed by atoms with E-state index in [0.29, 0.717) is 11.6 Å². The second-order valence-corrected chi connectivity index (χ2v) is 17.3. The van der Waals surface area contributed by atoms with Gasteiger partial charge in [-0.25, -0.2) is 0 Å². The lowest BCUT2D eigenvalue weighted by Crippen LogP contribution is -2.75. The van der Waals surface area contributed by atoms with E-state index in [-0.39, 0.29) is 5.78 Å². The fourth-order valence-electron chi connectivity index (χ4n) is 8.27. The first-order valence-corrected chi connectivity index (χ1v) is 21.4. The third kappa shape index (κ3) is 13.4. The summed E-state index contributed by atoms with van der Waals surface area (Å²) >= 11 is 6.18. The molecule has 2 nitrogen and oxygen atoms in total. The minimum absolute atomic E-state index is 0.0852. The number of alkyl halides is 24. The zero-order chi connectivity index (χ0) is 57.9. The normalized spacial score (nSPS) is 13.4. The molecule has 0 aliphatic carbocycles. The van der Waals surface area contributed by atoms with Gasteiger partial charge in [0.15, 0.2) is 12.4 Å². The van der Waals surface area contributed by atoms with Crippen molar-refractivity contribution < 1.29 is 115 Å². The van der Waals surface area contributed by atoms with Gasteiger partial charge >= 0.3 is 49.4 Å². The van der Waals surface area contributed by atoms with E-state index in [1.54, 1.807) is 0 Å². The van der Waals surface area contributed by atoms with Crippen LogP contribution in [0.15, 0.2) is 140 Å². The summed E-state index contributed by atoms with van der Waals surface area (Å²) in [6.45, 7) is 0.311. The molecule has 0 radical (unpaired) electrons. The van der Waals surface area contributed by atoms with Gasteiger partial charge in [-0.05, 0) is 35.7 Å². The number of rotatable bonds is 7. The molecular weight excluding hydrogens is 1120 g/mol. The molecule has 28 heteroatoms. The molecule has 0 saturated carbocycles. The number of Topliss-reactive ketones (excluding diaryl/α,β-unsaturated/α-hetero) is 1. The summed E-state index contributed by atoms with van der Waals surface area (Å²) in [4.78, 5) is 12.2. The van der Waals surface area contributed by atoms with Crippen LogP contribution in [0.4, 0.5) is 105 Å². The molecule has 7 aromatic rings. The van der Waals surface area contributed by atoms with Crippen LogP contribution in [0.2, 0.25) is 5.02 Å². The molecule has 0 aliphatic rings. The van der Waals surface area contributed by atoms with E-state index in [9.17, 15) is 110 Å². The Kier molecular flexibility index (Phi) is 15.8. The highest BCUT2D eigenvalue weighted by atomic mass is 35.5. The zero-order valence-corrected chi connectivity index (χ0v) is 38.1. The van der Waals surface area contributed by atoms with Gasteiger partial charge < -0.3 is 0 Å². The molecule has 0 bridgehead atoms. The average Bonchev–Trinajstić information content (AvgIpc) is 3.30. The number of fused-ring (bicyclic) bond motifs is 1. The molecule has 0 saturated heterocycles. The summed E-state index contributed by atoms with van der Waals surface area (Å²) in [7, 11) is 0. The number of carbonyl (C=O) groups excluding carboxylic acids is 1. The molecule has 77 heavy (non-hydrogen) atoms. The van der Waals surface area contributed by atoms with Crippen LogP contribution in [-0.4, -0.2) is 11.9 Å². The van der Waals surface area contributed by atoms with Gasteiger partial charge in [-0.15, -0.1) is 0 Å². The Morgan fingerprint density at radius 2 is 0.662 bits per heavy atom. The first kappa shape index (κ1) is 59.3. The van der Waals surface area contributed by atoms with E-state index < -0.39 is 195 Å². The Hall–Kier alpha value is -6.93. The minimum atomic E-state index is -6.13. The molecule has 0 fully saturated rings. The smallest absolute Gasteiger partial charge is 0.287 e. The SMILES string of the molecule is FC(F)(F)c1cc([B-](c2cc(C(F)(F)F)cc(C(F)(F)F)c2)(c2cc(C(F)(F)F)cc(C(F)(F)F)c2)c2cc(C(F)(F)F)cc(C(F)(F)F)c2)cc(C(F)(F)F)c1.O=C(C[n+]1ccc2cccc(Cl)c2c1)c1ccccc1. The highest BCUT2D eigenvalue weighted by Gasteiger charge is 2.47. The largest absolute Gasteiger partial charge is 0.416 e. The minimum Gasteiger partial charge on any atom is -0.287 e. The van der Waals surface area contributed by atoms with Crippen LogP contribution in [0.3, 0.4) is 0 Å². The van der Waals surface area contributed by atoms with Crippen molar-refractivity contribution >= 4 is 56.2 Å². The van der Waals surface area contributed by atoms with Crippen LogP contribution in [-0.2, 0) is 56.0 Å². The fraction of sp³-hybridized carbons (Fsp3) is 0.184. The van der Waals surface area contributed by atoms with Crippen molar-refractivity contribution in [3.8, 4) is 0 Å². The molecule has 0 amide bonds. The second kappa shape index (κ2) is 20.5. The fourth-order valence-corrected chi connectivity index (χ4v) is 8.50. The molecule has 410 valence electrons. The topological polar surface area (TPSA) is 20.9 Å². The number of aromatic nitrogens is 1. The van der Waals surface area contributed by atoms with Crippen molar-refractivity contribution in [2.45, 2.75) is 56.0 Å². The predicted octanol–water partition coefficient (Wildman–Crippen LogP) is 14.9. The van der Waals surface area contributed by atoms with Gasteiger partial charge in [0.1, 0.15) is 6.15 Å². The number of pyridine rings is 1. The quantitative estimate of drug-likeness (QED) is 0.0674. The van der Waals surface area contributed by atoms with E-state index in [4.69, 9.17) is 11.6 Å². The molecule has 6 aromatic carbocycles. The molecule has 0 spiro atoms. The zero-order valence-electron chi connectivity index (χ0n) is 37.4. The van der Waals surface area contributed by atoms with Gasteiger partial charge in [-0.2, -0.15) is 132 Å². The van der Waals surface area contributed by atoms with Crippen LogP contribution in [0.25, 0.3) is 10.8 Å². The van der Waals surface area contributed by atoms with Gasteiger partial charge in [0.25, 0.3) is 0 Å². The van der Waals surface area contributed by atoms with Crippen LogP contribution < -0.4 is 26.4 Å². The Morgan fingerprint density at radius 1 is 0.377 bits per heavy atom. The van der Waals surface area contributed by atoms with Gasteiger partial charge in [-0.3, -0.25) is 4.79 Å². The Balaban J connectivity index is 0.000000397. The second-order valence-electron chi connectivity index (χ2n) is 16.9. The Bertz CT molecular complexity index is 2870. The maximum Gasteiger partial charge on any atom is 0.416 e. The summed E-state index contributed by atoms with van der Waals surface area (Å²) in [5.74, 6) is 0.0852. The molecule has 1 aromatic heterocycles. The summed E-state index contributed by atoms with van der Waals surface area (Å²) in [6.07, 6.45) is -51.0. The van der Waals surface area contributed by atoms with Crippen LogP contribution in [0, 0.1) is 0 Å². The van der Waals surface area contributed by atoms with E-state index in [1.165, 1.54) is 0 Å². The number of nitrogens with zero attached hydrogens (tertiary/aromatic N) is 1. The summed E-state index contributed by atoms with van der Waals surface area (Å²) in [5, 5.41) is 2.72. The molecule has 0 unspecified atom stereocenters. The van der Waals surface area contributed by atoms with Gasteiger partial charge in [0, 0.05) is 11.6 Å². The third-order valence-electron chi connectivity index (χ3n) is 11.7. The third-order valence-corrected chi connectivity index (χ3v) is 12.0. The van der Waals surface area contributed by atoms with Gasteiger partial charge in [0.2, 0.25) is 12.3 Å². The molecule has 7 rings (SSSR count). The lowest BCUT2D eigenvalue weighted by Gasteiger charge is -2.46. The summed E-state index contributed by atoms with van der Waals surface area (Å²) in [6, 6.07) is 8.24. The number of hydrogen-bond donors (Lipinski definition) is 0. The standard InChI is InChI=1S/C32H12BF24.C17H13ClNO/c34-25(35,36)13-1-14(26(37,38)39)6-21(5-13)33(22-7-15(27(40,41)42)2-16(8-22)28(43,44)45,23-9-17(29(46,47)48)3-18(10-23)30(49,50)51)24-11-19(31(52,53)54)4-20(12-24)32(55,56)57;18-16-8-4-7-13-9-10-19(11-15(13)16)12-17(20)14-5-2-1-3-6-14/h1-12H;1-11H,12H2/q-1;+1. The highest BCUT2D eigenvalue weighted by Crippen LogP contribution is 2.41. The summed E-state index contributed by atoms with van der Waals surface area (Å²) in [5.41, 5.74) is -29.5. The molecular formula is C49H25BClF24NO. The number of carbonyl (C=O) groups is 1. The Labute approximate surface area is 421 Å². The lowest BCUT2D eigenvalue weighted by molar-refractivity contribution is -0.681. The number of halogens is 25. The maximum atomic E-state index is 14.2. The van der Waals surface area contributed by atoms with Gasteiger partial charge in [-0.1, -0.05) is 103 Å². The highest BCUT2D eigenvalue weighted by molar-refractivity contribution is 7.20. The number of benzene rings is 6. The van der Waals surface area contributed by atoms with E-state index in [0.717, 1.165) is 16.3 Å². The number of hydrogen-bond acceptors (Lipinski definition) is 1. The van der Waals surface area contributed by atoms with Crippen molar-refractivity contribution in [2.75, 3.05) is 0 Å². The van der Waals surface area contributed by atoms with E-state index in [2.05, 4.69) is 0 Å². The first-order valence-electron chi connectivity index (χ1n) is 21.0. The molecule has 0 aliphatic heterocycles. The van der Waals surface area contributed by atoms with Crippen LogP contribution >= 0.6 is 11.6 Å². The van der Waals surface area contributed by atoms with Crippen molar-refractivity contribution in [1.29, 1.82) is 0 Å². The Morgan fingerprint density at radius 3 is 0.935 bits per heavy atom. The first-order chi connectivity index (χ1) is 35.0. The average molecular weight is 1150 g/mol. The predicted molar refractivity (Wildman–Crippen MR) is 230 cm³/mol. The summed E-state index contributed by atoms with van der Waals surface area (Å²) < 4.78 is 343. The van der Waals surface area contributed by atoms with Crippen molar-refractivity contribution in [2.24, 2.45) is 0 Å². The molecule has 0 atom stereocenters. The maximum absolute atomic E-state index is 14.2.